The molecule has 2 N–H and O–H groups in total. The molecule has 0 aromatic heterocycles. The SMILES string of the molecule is CCC(O)(CC)CN1CCCC1CC(=O)O. The van der Waals surface area contributed by atoms with E-state index in [9.17, 15) is 9.90 Å². The summed E-state index contributed by atoms with van der Waals surface area (Å²) >= 11 is 0. The van der Waals surface area contributed by atoms with Gasteiger partial charge < -0.3 is 10.2 Å². The molecule has 1 saturated heterocycles. The monoisotopic (exact) mass is 229 g/mol. The number of carboxylic acids is 1. The van der Waals surface area contributed by atoms with Gasteiger partial charge >= 0.3 is 5.97 Å². The van der Waals surface area contributed by atoms with Crippen LogP contribution in [0.3, 0.4) is 0 Å². The molecule has 16 heavy (non-hydrogen) atoms. The van der Waals surface area contributed by atoms with E-state index in [1.54, 1.807) is 0 Å². The number of β-amino-alcohol motifs (C(OH)–C–C–N with tert-alkyl or cyclic N) is 1. The first-order chi connectivity index (χ1) is 7.50. The minimum atomic E-state index is -0.742. The van der Waals surface area contributed by atoms with Gasteiger partial charge in [-0.25, -0.2) is 0 Å². The third kappa shape index (κ3) is 3.46. The van der Waals surface area contributed by atoms with Crippen molar-refractivity contribution in [3.63, 3.8) is 0 Å². The Morgan fingerprint density at radius 2 is 2.06 bits per heavy atom. The highest BCUT2D eigenvalue weighted by molar-refractivity contribution is 5.67. The van der Waals surface area contributed by atoms with Gasteiger partial charge in [0, 0.05) is 12.6 Å². The maximum atomic E-state index is 10.7. The molecule has 1 aliphatic heterocycles. The van der Waals surface area contributed by atoms with Crippen LogP contribution in [0.4, 0.5) is 0 Å². The predicted molar refractivity (Wildman–Crippen MR) is 62.4 cm³/mol. The lowest BCUT2D eigenvalue weighted by atomic mass is 9.96. The van der Waals surface area contributed by atoms with Gasteiger partial charge in [0.15, 0.2) is 0 Å². The van der Waals surface area contributed by atoms with Crippen LogP contribution in [-0.2, 0) is 4.79 Å². The predicted octanol–water partition coefficient (Wildman–Crippen LogP) is 1.48. The molecule has 4 nitrogen and oxygen atoms in total. The van der Waals surface area contributed by atoms with Gasteiger partial charge in [0.2, 0.25) is 0 Å². The van der Waals surface area contributed by atoms with E-state index in [-0.39, 0.29) is 12.5 Å². The summed E-state index contributed by atoms with van der Waals surface area (Å²) in [6.07, 6.45) is 3.63. The van der Waals surface area contributed by atoms with E-state index in [1.807, 2.05) is 13.8 Å². The van der Waals surface area contributed by atoms with Crippen LogP contribution in [0.15, 0.2) is 0 Å². The summed E-state index contributed by atoms with van der Waals surface area (Å²) in [6, 6.07) is 0.113. The van der Waals surface area contributed by atoms with Gasteiger partial charge in [0.1, 0.15) is 0 Å². The van der Waals surface area contributed by atoms with Crippen LogP contribution in [0.2, 0.25) is 0 Å². The molecular weight excluding hydrogens is 206 g/mol. The summed E-state index contributed by atoms with van der Waals surface area (Å²) in [6.45, 7) is 5.48. The average Bonchev–Trinajstić information content (AvgIpc) is 2.64. The van der Waals surface area contributed by atoms with Crippen LogP contribution in [0.5, 0.6) is 0 Å². The summed E-state index contributed by atoms with van der Waals surface area (Å²) in [5, 5.41) is 19.1. The second-order valence-electron chi connectivity index (χ2n) is 4.80. The Morgan fingerprint density at radius 1 is 1.44 bits per heavy atom. The number of aliphatic hydroxyl groups is 1. The van der Waals surface area contributed by atoms with Gasteiger partial charge in [-0.05, 0) is 32.2 Å². The normalized spacial score (nSPS) is 22.6. The van der Waals surface area contributed by atoms with Gasteiger partial charge in [-0.2, -0.15) is 0 Å². The molecule has 1 atom stereocenters. The number of rotatable bonds is 6. The molecule has 1 rings (SSSR count). The molecule has 0 radical (unpaired) electrons. The number of likely N-dealkylation sites (tertiary alicyclic amines) is 1. The first-order valence-corrected chi connectivity index (χ1v) is 6.19. The highest BCUT2D eigenvalue weighted by atomic mass is 16.4. The van der Waals surface area contributed by atoms with E-state index in [0.29, 0.717) is 6.54 Å². The molecule has 0 aromatic rings. The van der Waals surface area contributed by atoms with Crippen LogP contribution in [0, 0.1) is 0 Å². The Labute approximate surface area is 97.3 Å². The van der Waals surface area contributed by atoms with E-state index in [4.69, 9.17) is 5.11 Å². The fourth-order valence-corrected chi connectivity index (χ4v) is 2.39. The molecule has 0 spiro atoms. The molecule has 4 heteroatoms. The van der Waals surface area contributed by atoms with Crippen molar-refractivity contribution in [2.75, 3.05) is 13.1 Å². The van der Waals surface area contributed by atoms with Crippen LogP contribution in [0.1, 0.15) is 46.0 Å². The fraction of sp³-hybridized carbons (Fsp3) is 0.917. The summed E-state index contributed by atoms with van der Waals surface area (Å²) < 4.78 is 0. The minimum Gasteiger partial charge on any atom is -0.481 e. The molecule has 0 aliphatic carbocycles. The van der Waals surface area contributed by atoms with E-state index < -0.39 is 11.6 Å². The van der Waals surface area contributed by atoms with Crippen molar-refractivity contribution in [3.8, 4) is 0 Å². The molecule has 0 amide bonds. The van der Waals surface area contributed by atoms with E-state index in [1.165, 1.54) is 0 Å². The first-order valence-electron chi connectivity index (χ1n) is 6.19. The van der Waals surface area contributed by atoms with Gasteiger partial charge in [0.25, 0.3) is 0 Å². The highest BCUT2D eigenvalue weighted by Gasteiger charge is 2.33. The first kappa shape index (κ1) is 13.5. The second kappa shape index (κ2) is 5.64. The van der Waals surface area contributed by atoms with Crippen LogP contribution < -0.4 is 0 Å². The Balaban J connectivity index is 2.55. The fourth-order valence-electron chi connectivity index (χ4n) is 2.39. The largest absolute Gasteiger partial charge is 0.481 e. The molecule has 1 fully saturated rings. The lowest BCUT2D eigenvalue weighted by molar-refractivity contribution is -0.138. The van der Waals surface area contributed by atoms with Gasteiger partial charge in [-0.3, -0.25) is 9.69 Å². The topological polar surface area (TPSA) is 60.8 Å². The third-order valence-electron chi connectivity index (χ3n) is 3.72. The number of carbonyl (C=O) groups is 1. The van der Waals surface area contributed by atoms with Crippen molar-refractivity contribution in [1.29, 1.82) is 0 Å². The van der Waals surface area contributed by atoms with Crippen molar-refractivity contribution in [2.24, 2.45) is 0 Å². The quantitative estimate of drug-likeness (QED) is 0.724. The molecule has 1 aliphatic rings. The molecule has 0 bridgehead atoms. The molecule has 0 aromatic carbocycles. The lowest BCUT2D eigenvalue weighted by Crippen LogP contribution is -2.44. The molecule has 1 heterocycles. The Morgan fingerprint density at radius 3 is 2.56 bits per heavy atom. The Bertz CT molecular complexity index is 238. The summed E-state index contributed by atoms with van der Waals surface area (Å²) in [5.74, 6) is -0.742. The van der Waals surface area contributed by atoms with Crippen LogP contribution in [0.25, 0.3) is 0 Å². The lowest BCUT2D eigenvalue weighted by Gasteiger charge is -2.33. The molecule has 0 saturated carbocycles. The Hall–Kier alpha value is -0.610. The smallest absolute Gasteiger partial charge is 0.304 e. The number of nitrogens with zero attached hydrogens (tertiary/aromatic N) is 1. The van der Waals surface area contributed by atoms with Crippen molar-refractivity contribution < 1.29 is 15.0 Å². The van der Waals surface area contributed by atoms with Crippen LogP contribution >= 0.6 is 0 Å². The van der Waals surface area contributed by atoms with E-state index in [2.05, 4.69) is 4.90 Å². The Kier molecular flexibility index (Phi) is 4.74. The zero-order valence-corrected chi connectivity index (χ0v) is 10.3. The molecule has 1 unspecified atom stereocenters. The number of hydrogen-bond acceptors (Lipinski definition) is 3. The van der Waals surface area contributed by atoms with Gasteiger partial charge in [-0.1, -0.05) is 13.8 Å². The zero-order valence-electron chi connectivity index (χ0n) is 10.3. The minimum absolute atomic E-state index is 0.113. The van der Waals surface area contributed by atoms with Crippen molar-refractivity contribution in [3.05, 3.63) is 0 Å². The van der Waals surface area contributed by atoms with Crippen molar-refractivity contribution >= 4 is 5.97 Å². The maximum Gasteiger partial charge on any atom is 0.304 e. The van der Waals surface area contributed by atoms with Gasteiger partial charge in [0.05, 0.1) is 12.0 Å². The summed E-state index contributed by atoms with van der Waals surface area (Å²) in [4.78, 5) is 12.9. The van der Waals surface area contributed by atoms with Crippen molar-refractivity contribution in [1.82, 2.24) is 4.90 Å². The number of carboxylic acid groups (broad SMARTS) is 1. The summed E-state index contributed by atoms with van der Waals surface area (Å²) in [5.41, 5.74) is -0.652. The molecular formula is C12H23NO3. The average molecular weight is 229 g/mol. The van der Waals surface area contributed by atoms with Crippen LogP contribution in [-0.4, -0.2) is 45.8 Å². The van der Waals surface area contributed by atoms with Gasteiger partial charge in [-0.15, -0.1) is 0 Å². The summed E-state index contributed by atoms with van der Waals surface area (Å²) in [7, 11) is 0. The van der Waals surface area contributed by atoms with E-state index in [0.717, 1.165) is 32.2 Å². The van der Waals surface area contributed by atoms with Crippen molar-refractivity contribution in [2.45, 2.75) is 57.6 Å². The maximum absolute atomic E-state index is 10.7. The third-order valence-corrected chi connectivity index (χ3v) is 3.72. The second-order valence-corrected chi connectivity index (χ2v) is 4.80. The number of aliphatic carboxylic acids is 1. The highest BCUT2D eigenvalue weighted by Crippen LogP contribution is 2.25. The molecule has 94 valence electrons. The number of hydrogen-bond donors (Lipinski definition) is 2. The van der Waals surface area contributed by atoms with E-state index >= 15 is 0 Å². The zero-order chi connectivity index (χ0) is 12.2. The standard InChI is InChI=1S/C12H23NO3/c1-3-12(16,4-2)9-13-7-5-6-10(13)8-11(14)15/h10,16H,3-9H2,1-2H3,(H,14,15).